The number of hydrogen-bond donors (Lipinski definition) is 1. The number of fused-ring (bicyclic) bond motifs is 2. The lowest BCUT2D eigenvalue weighted by Crippen LogP contribution is -2.38. The number of aromatic nitrogens is 2. The number of anilines is 1. The van der Waals surface area contributed by atoms with Gasteiger partial charge in [0.15, 0.2) is 0 Å². The third-order valence-corrected chi connectivity index (χ3v) is 4.34. The van der Waals surface area contributed by atoms with E-state index in [-0.39, 0.29) is 10.6 Å². The Bertz CT molecular complexity index is 686. The van der Waals surface area contributed by atoms with Crippen LogP contribution in [-0.4, -0.2) is 28.2 Å². The lowest BCUT2D eigenvalue weighted by Gasteiger charge is -2.40. The zero-order valence-corrected chi connectivity index (χ0v) is 10.9. The second-order valence-corrected chi connectivity index (χ2v) is 5.37. The maximum Gasteiger partial charge on any atom is 0.278 e. The number of H-pyrrole nitrogens is 1. The van der Waals surface area contributed by atoms with Crippen molar-refractivity contribution in [2.45, 2.75) is 18.8 Å². The molecule has 0 amide bonds. The summed E-state index contributed by atoms with van der Waals surface area (Å²) >= 11 is 0. The fourth-order valence-corrected chi connectivity index (χ4v) is 3.37. The highest BCUT2D eigenvalue weighted by Gasteiger charge is 2.36. The van der Waals surface area contributed by atoms with Crippen molar-refractivity contribution in [1.82, 2.24) is 10.2 Å². The van der Waals surface area contributed by atoms with E-state index in [4.69, 9.17) is 0 Å². The lowest BCUT2D eigenvalue weighted by molar-refractivity contribution is -0.384. The van der Waals surface area contributed by atoms with Crippen LogP contribution >= 0.6 is 0 Å². The van der Waals surface area contributed by atoms with E-state index in [0.717, 1.165) is 43.0 Å². The number of nitro groups is 1. The van der Waals surface area contributed by atoms with Gasteiger partial charge < -0.3 is 4.90 Å². The summed E-state index contributed by atoms with van der Waals surface area (Å²) in [5.74, 6) is 0.527. The molecule has 6 heteroatoms. The number of nitrogens with zero attached hydrogens (tertiary/aromatic N) is 3. The molecule has 3 aliphatic rings. The van der Waals surface area contributed by atoms with Gasteiger partial charge in [0.2, 0.25) is 0 Å². The van der Waals surface area contributed by atoms with Gasteiger partial charge >= 0.3 is 0 Å². The van der Waals surface area contributed by atoms with Crippen LogP contribution < -0.4 is 4.90 Å². The molecule has 0 aliphatic carbocycles. The zero-order valence-electron chi connectivity index (χ0n) is 10.9. The Kier molecular flexibility index (Phi) is 2.33. The average Bonchev–Trinajstić information content (AvgIpc) is 2.95. The van der Waals surface area contributed by atoms with Crippen molar-refractivity contribution in [2.75, 3.05) is 18.0 Å². The number of nitro benzene ring substituents is 1. The molecule has 20 heavy (non-hydrogen) atoms. The van der Waals surface area contributed by atoms with Crippen molar-refractivity contribution in [3.63, 3.8) is 0 Å². The van der Waals surface area contributed by atoms with Crippen LogP contribution in [0.5, 0.6) is 0 Å². The quantitative estimate of drug-likeness (QED) is 0.672. The fourth-order valence-electron chi connectivity index (χ4n) is 3.37. The van der Waals surface area contributed by atoms with Gasteiger partial charge in [-0.25, -0.2) is 0 Å². The molecule has 5 rings (SSSR count). The van der Waals surface area contributed by atoms with Gasteiger partial charge in [-0.2, -0.15) is 5.10 Å². The Hall–Kier alpha value is -2.37. The summed E-state index contributed by atoms with van der Waals surface area (Å²) in [5, 5.41) is 18.7. The standard InChI is InChI=1S/C14H14N4O2/c19-18(20)11-4-2-1-3-10(11)13-14-12(15-16-13)9-5-7-17(14)8-6-9/h1-4,9H,5-8H2,(H,15,16). The zero-order chi connectivity index (χ0) is 13.7. The minimum atomic E-state index is -0.340. The van der Waals surface area contributed by atoms with Crippen LogP contribution in [-0.2, 0) is 0 Å². The minimum Gasteiger partial charge on any atom is -0.368 e. The molecule has 1 aromatic heterocycles. The molecule has 1 fully saturated rings. The van der Waals surface area contributed by atoms with Crippen LogP contribution in [0.4, 0.5) is 11.4 Å². The van der Waals surface area contributed by atoms with Gasteiger partial charge in [0, 0.05) is 25.1 Å². The average molecular weight is 270 g/mol. The molecule has 0 radical (unpaired) electrons. The first kappa shape index (κ1) is 11.5. The first-order valence-corrected chi connectivity index (χ1v) is 6.82. The van der Waals surface area contributed by atoms with E-state index < -0.39 is 0 Å². The maximum atomic E-state index is 11.2. The summed E-state index contributed by atoms with van der Waals surface area (Å²) in [4.78, 5) is 13.2. The molecule has 1 aromatic carbocycles. The summed E-state index contributed by atoms with van der Waals surface area (Å²) in [5.41, 5.74) is 3.65. The third-order valence-electron chi connectivity index (χ3n) is 4.34. The van der Waals surface area contributed by atoms with Crippen LogP contribution in [0.1, 0.15) is 24.5 Å². The second kappa shape index (κ2) is 4.06. The number of piperidine rings is 1. The van der Waals surface area contributed by atoms with E-state index in [1.807, 2.05) is 6.07 Å². The van der Waals surface area contributed by atoms with E-state index in [2.05, 4.69) is 15.1 Å². The number of rotatable bonds is 2. The smallest absolute Gasteiger partial charge is 0.278 e. The molecular weight excluding hydrogens is 256 g/mol. The van der Waals surface area contributed by atoms with Crippen molar-refractivity contribution < 1.29 is 4.92 Å². The number of para-hydroxylation sites is 1. The van der Waals surface area contributed by atoms with Crippen LogP contribution in [0, 0.1) is 10.1 Å². The van der Waals surface area contributed by atoms with Crippen LogP contribution in [0.15, 0.2) is 24.3 Å². The van der Waals surface area contributed by atoms with Gasteiger partial charge in [-0.1, -0.05) is 12.1 Å². The van der Waals surface area contributed by atoms with Gasteiger partial charge in [-0.15, -0.1) is 0 Å². The Morgan fingerprint density at radius 1 is 1.30 bits per heavy atom. The largest absolute Gasteiger partial charge is 0.368 e. The molecule has 102 valence electrons. The van der Waals surface area contributed by atoms with Crippen molar-refractivity contribution in [1.29, 1.82) is 0 Å². The van der Waals surface area contributed by atoms with E-state index in [1.165, 1.54) is 6.07 Å². The molecular formula is C14H14N4O2. The summed E-state index contributed by atoms with van der Waals surface area (Å²) < 4.78 is 0. The number of benzene rings is 1. The second-order valence-electron chi connectivity index (χ2n) is 5.37. The van der Waals surface area contributed by atoms with Crippen LogP contribution in [0.3, 0.4) is 0 Å². The predicted molar refractivity (Wildman–Crippen MR) is 74.9 cm³/mol. The molecule has 0 unspecified atom stereocenters. The van der Waals surface area contributed by atoms with Gasteiger partial charge in [-0.05, 0) is 18.9 Å². The Balaban J connectivity index is 1.92. The summed E-state index contributed by atoms with van der Waals surface area (Å²) in [6.45, 7) is 2.04. The fraction of sp³-hybridized carbons (Fsp3) is 0.357. The monoisotopic (exact) mass is 270 g/mol. The van der Waals surface area contributed by atoms with Crippen LogP contribution in [0.25, 0.3) is 11.3 Å². The van der Waals surface area contributed by atoms with E-state index >= 15 is 0 Å². The Morgan fingerprint density at radius 3 is 2.80 bits per heavy atom. The van der Waals surface area contributed by atoms with Crippen LogP contribution in [0.2, 0.25) is 0 Å². The van der Waals surface area contributed by atoms with Crippen molar-refractivity contribution in [3.05, 3.63) is 40.1 Å². The number of hydrogen-bond acceptors (Lipinski definition) is 4. The Morgan fingerprint density at radius 2 is 2.05 bits per heavy atom. The molecule has 6 nitrogen and oxygen atoms in total. The van der Waals surface area contributed by atoms with Crippen molar-refractivity contribution >= 4 is 11.4 Å². The molecule has 1 N–H and O–H groups in total. The van der Waals surface area contributed by atoms with Gasteiger partial charge in [-0.3, -0.25) is 15.2 Å². The lowest BCUT2D eigenvalue weighted by atomic mass is 9.86. The number of aromatic amines is 1. The number of nitrogens with one attached hydrogen (secondary N) is 1. The highest BCUT2D eigenvalue weighted by Crippen LogP contribution is 2.46. The molecule has 0 spiro atoms. The molecule has 2 bridgehead atoms. The highest BCUT2D eigenvalue weighted by molar-refractivity contribution is 5.83. The molecule has 0 atom stereocenters. The summed E-state index contributed by atoms with van der Waals surface area (Å²) in [7, 11) is 0. The SMILES string of the molecule is O=[N+]([O-])c1ccccc1-c1n[nH]c2c1N1CCC2CC1. The molecule has 0 saturated carbocycles. The molecule has 1 saturated heterocycles. The van der Waals surface area contributed by atoms with Gasteiger partial charge in [0.1, 0.15) is 5.69 Å². The topological polar surface area (TPSA) is 75.1 Å². The normalized spacial score (nSPS) is 17.3. The van der Waals surface area contributed by atoms with Gasteiger partial charge in [0.05, 0.1) is 21.9 Å². The molecule has 4 heterocycles. The van der Waals surface area contributed by atoms with E-state index in [0.29, 0.717) is 11.5 Å². The van der Waals surface area contributed by atoms with E-state index in [9.17, 15) is 10.1 Å². The Labute approximate surface area is 115 Å². The predicted octanol–water partition coefficient (Wildman–Crippen LogP) is 2.68. The first-order chi connectivity index (χ1) is 9.75. The van der Waals surface area contributed by atoms with Crippen molar-refractivity contribution in [3.8, 4) is 11.3 Å². The molecule has 2 aromatic rings. The third kappa shape index (κ3) is 1.47. The van der Waals surface area contributed by atoms with Gasteiger partial charge in [0.25, 0.3) is 5.69 Å². The molecule has 3 aliphatic heterocycles. The maximum absolute atomic E-state index is 11.2. The summed E-state index contributed by atoms with van der Waals surface area (Å²) in [6.07, 6.45) is 2.29. The van der Waals surface area contributed by atoms with E-state index in [1.54, 1.807) is 12.1 Å². The van der Waals surface area contributed by atoms with Crippen molar-refractivity contribution in [2.24, 2.45) is 0 Å². The summed E-state index contributed by atoms with van der Waals surface area (Å²) in [6, 6.07) is 6.82. The minimum absolute atomic E-state index is 0.115. The highest BCUT2D eigenvalue weighted by atomic mass is 16.6. The first-order valence-electron chi connectivity index (χ1n) is 6.82.